The number of ether oxygens (including phenoxy) is 3. The molecule has 1 unspecified atom stereocenters. The van der Waals surface area contributed by atoms with Crippen LogP contribution in [-0.2, 0) is 19.0 Å². The fourth-order valence-corrected chi connectivity index (χ4v) is 7.01. The zero-order chi connectivity index (χ0) is 36.3. The quantitative estimate of drug-likeness (QED) is 0.0467. The Morgan fingerprint density at radius 1 is 0.360 bits per heavy atom. The highest BCUT2D eigenvalue weighted by Crippen LogP contribution is 2.16. The van der Waals surface area contributed by atoms with Crippen molar-refractivity contribution in [2.45, 2.75) is 264 Å². The summed E-state index contributed by atoms with van der Waals surface area (Å²) in [6.45, 7) is 8.77. The molecule has 0 bridgehead atoms. The summed E-state index contributed by atoms with van der Waals surface area (Å²) in [4.78, 5) is 11.7. The van der Waals surface area contributed by atoms with E-state index in [2.05, 4.69) is 13.8 Å². The molecular weight excluding hydrogens is 617 g/mol. The van der Waals surface area contributed by atoms with Gasteiger partial charge in [-0.15, -0.1) is 0 Å². The van der Waals surface area contributed by atoms with E-state index in [9.17, 15) is 4.79 Å². The van der Waals surface area contributed by atoms with Gasteiger partial charge in [0.15, 0.2) is 0 Å². The van der Waals surface area contributed by atoms with E-state index in [4.69, 9.17) is 14.2 Å². The molecule has 0 aromatic rings. The van der Waals surface area contributed by atoms with Crippen molar-refractivity contribution < 1.29 is 19.0 Å². The molecule has 0 aromatic heterocycles. The summed E-state index contributed by atoms with van der Waals surface area (Å²) in [5.74, 6) is -0.157. The minimum Gasteiger partial charge on any atom is -0.463 e. The van der Waals surface area contributed by atoms with Crippen molar-refractivity contribution in [3.63, 3.8) is 0 Å². The maximum atomic E-state index is 11.7. The molecule has 50 heavy (non-hydrogen) atoms. The Morgan fingerprint density at radius 3 is 0.940 bits per heavy atom. The van der Waals surface area contributed by atoms with E-state index in [1.165, 1.54) is 218 Å². The first kappa shape index (κ1) is 49.4. The fraction of sp³-hybridized carbons (Fsp3) is 0.978. The van der Waals surface area contributed by atoms with Crippen LogP contribution in [0.25, 0.3) is 0 Å². The Labute approximate surface area is 315 Å². The summed E-state index contributed by atoms with van der Waals surface area (Å²) in [6.07, 6.45) is 50.2. The second-order valence-electron chi connectivity index (χ2n) is 15.6. The largest absolute Gasteiger partial charge is 0.463 e. The maximum Gasteiger partial charge on any atom is 0.305 e. The van der Waals surface area contributed by atoms with Gasteiger partial charge < -0.3 is 14.2 Å². The van der Waals surface area contributed by atoms with E-state index in [1.54, 1.807) is 0 Å². The first-order valence-electron chi connectivity index (χ1n) is 23.1. The standard InChI is InChI=1S/C46H92O4/c1-4-7-9-11-13-15-17-19-21-23-25-27-29-31-33-35-37-39-41-48-43-45(44-50-46(47)6-3)49-42-40-38-36-34-32-30-28-26-24-22-20-18-16-14-12-10-8-5-2/h45H,4-44H2,1-3H3. The van der Waals surface area contributed by atoms with Crippen LogP contribution in [0.1, 0.15) is 258 Å². The van der Waals surface area contributed by atoms with E-state index in [-0.39, 0.29) is 12.1 Å². The Kier molecular flexibility index (Phi) is 44.0. The molecule has 0 aromatic carbocycles. The van der Waals surface area contributed by atoms with Gasteiger partial charge in [0.25, 0.3) is 0 Å². The van der Waals surface area contributed by atoms with Crippen molar-refractivity contribution in [3.05, 3.63) is 0 Å². The predicted molar refractivity (Wildman–Crippen MR) is 219 cm³/mol. The summed E-state index contributed by atoms with van der Waals surface area (Å²) in [6, 6.07) is 0. The molecule has 0 amide bonds. The van der Waals surface area contributed by atoms with Crippen LogP contribution in [0, 0.1) is 0 Å². The maximum absolute atomic E-state index is 11.7. The van der Waals surface area contributed by atoms with Crippen LogP contribution in [0.4, 0.5) is 0 Å². The molecule has 0 saturated heterocycles. The van der Waals surface area contributed by atoms with E-state index in [0.29, 0.717) is 19.6 Å². The molecule has 0 fully saturated rings. The molecule has 0 rings (SSSR count). The van der Waals surface area contributed by atoms with Crippen LogP contribution >= 0.6 is 0 Å². The van der Waals surface area contributed by atoms with Crippen LogP contribution in [0.3, 0.4) is 0 Å². The smallest absolute Gasteiger partial charge is 0.305 e. The van der Waals surface area contributed by atoms with E-state index >= 15 is 0 Å². The molecule has 0 aliphatic heterocycles. The summed E-state index contributed by atoms with van der Waals surface area (Å²) in [5, 5.41) is 0. The molecule has 1 atom stereocenters. The van der Waals surface area contributed by atoms with Gasteiger partial charge in [-0.3, -0.25) is 4.79 Å². The summed E-state index contributed by atoms with van der Waals surface area (Å²) in [5.41, 5.74) is 0. The zero-order valence-electron chi connectivity index (χ0n) is 34.7. The number of carbonyl (C=O) groups is 1. The number of hydrogen-bond donors (Lipinski definition) is 0. The fourth-order valence-electron chi connectivity index (χ4n) is 7.01. The molecule has 0 saturated carbocycles. The lowest BCUT2D eigenvalue weighted by molar-refractivity contribution is -0.149. The highest BCUT2D eigenvalue weighted by molar-refractivity contribution is 5.68. The lowest BCUT2D eigenvalue weighted by Crippen LogP contribution is -2.28. The van der Waals surface area contributed by atoms with Gasteiger partial charge >= 0.3 is 5.97 Å². The number of rotatable bonds is 44. The van der Waals surface area contributed by atoms with Gasteiger partial charge in [-0.25, -0.2) is 0 Å². The van der Waals surface area contributed by atoms with Crippen LogP contribution in [-0.4, -0.2) is 38.5 Å². The van der Waals surface area contributed by atoms with Gasteiger partial charge in [-0.1, -0.05) is 239 Å². The van der Waals surface area contributed by atoms with E-state index < -0.39 is 0 Å². The monoisotopic (exact) mass is 709 g/mol. The van der Waals surface area contributed by atoms with Gasteiger partial charge in [-0.2, -0.15) is 0 Å². The zero-order valence-corrected chi connectivity index (χ0v) is 34.7. The van der Waals surface area contributed by atoms with Crippen LogP contribution < -0.4 is 0 Å². The first-order chi connectivity index (χ1) is 24.7. The van der Waals surface area contributed by atoms with Crippen molar-refractivity contribution in [2.24, 2.45) is 0 Å². The van der Waals surface area contributed by atoms with Gasteiger partial charge in [-0.05, 0) is 12.8 Å². The Hall–Kier alpha value is -0.610. The lowest BCUT2D eigenvalue weighted by Gasteiger charge is -2.18. The van der Waals surface area contributed by atoms with Crippen molar-refractivity contribution >= 4 is 5.97 Å². The number of carbonyl (C=O) groups excluding carboxylic acids is 1. The highest BCUT2D eigenvalue weighted by atomic mass is 16.6. The summed E-state index contributed by atoms with van der Waals surface area (Å²) in [7, 11) is 0. The van der Waals surface area contributed by atoms with E-state index in [1.807, 2.05) is 6.92 Å². The molecular formula is C46H92O4. The molecule has 4 heteroatoms. The first-order valence-corrected chi connectivity index (χ1v) is 23.1. The van der Waals surface area contributed by atoms with Gasteiger partial charge in [0.1, 0.15) is 12.7 Å². The Bertz CT molecular complexity index is 623. The van der Waals surface area contributed by atoms with Crippen LogP contribution in [0.15, 0.2) is 0 Å². The van der Waals surface area contributed by atoms with Crippen molar-refractivity contribution in [2.75, 3.05) is 26.4 Å². The minimum absolute atomic E-state index is 0.146. The van der Waals surface area contributed by atoms with Crippen LogP contribution in [0.2, 0.25) is 0 Å². The summed E-state index contributed by atoms with van der Waals surface area (Å²) >= 11 is 0. The van der Waals surface area contributed by atoms with Gasteiger partial charge in [0.2, 0.25) is 0 Å². The third-order valence-corrected chi connectivity index (χ3v) is 10.5. The highest BCUT2D eigenvalue weighted by Gasteiger charge is 2.12. The average molecular weight is 709 g/mol. The lowest BCUT2D eigenvalue weighted by atomic mass is 10.0. The van der Waals surface area contributed by atoms with Crippen molar-refractivity contribution in [1.29, 1.82) is 0 Å². The molecule has 0 aliphatic rings. The number of hydrogen-bond acceptors (Lipinski definition) is 4. The second-order valence-corrected chi connectivity index (χ2v) is 15.6. The third kappa shape index (κ3) is 41.8. The molecule has 4 nitrogen and oxygen atoms in total. The Balaban J connectivity index is 3.58. The van der Waals surface area contributed by atoms with Crippen molar-refractivity contribution in [3.8, 4) is 0 Å². The topological polar surface area (TPSA) is 44.8 Å². The predicted octanol–water partition coefficient (Wildman–Crippen LogP) is 15.4. The average Bonchev–Trinajstić information content (AvgIpc) is 3.13. The number of unbranched alkanes of at least 4 members (excludes halogenated alkanes) is 34. The van der Waals surface area contributed by atoms with Crippen molar-refractivity contribution in [1.82, 2.24) is 0 Å². The normalized spacial score (nSPS) is 12.1. The van der Waals surface area contributed by atoms with E-state index in [0.717, 1.165) is 26.1 Å². The molecule has 0 heterocycles. The minimum atomic E-state index is -0.157. The van der Waals surface area contributed by atoms with Crippen LogP contribution in [0.5, 0.6) is 0 Å². The molecule has 0 spiro atoms. The molecule has 0 N–H and O–H groups in total. The molecule has 0 aliphatic carbocycles. The Morgan fingerprint density at radius 2 is 0.640 bits per heavy atom. The third-order valence-electron chi connectivity index (χ3n) is 10.5. The SMILES string of the molecule is CCCCCCCCCCCCCCCCCCCCOCC(COC(=O)CC)OCCCCCCCCCCCCCCCCCCCC. The van der Waals surface area contributed by atoms with Gasteiger partial charge in [0.05, 0.1) is 6.61 Å². The molecule has 0 radical (unpaired) electrons. The van der Waals surface area contributed by atoms with Gasteiger partial charge in [0, 0.05) is 19.6 Å². The molecule has 300 valence electrons. The summed E-state index contributed by atoms with van der Waals surface area (Å²) < 4.78 is 17.5. The number of esters is 1. The second kappa shape index (κ2) is 44.6.